The molecule has 1 aliphatic rings. The molecule has 1 fully saturated rings. The second-order valence-corrected chi connectivity index (χ2v) is 9.48. The number of benzene rings is 2. The Bertz CT molecular complexity index is 996. The molecule has 0 spiro atoms. The van der Waals surface area contributed by atoms with E-state index in [0.717, 1.165) is 4.47 Å². The van der Waals surface area contributed by atoms with Crippen LogP contribution in [0.5, 0.6) is 11.5 Å². The Morgan fingerprint density at radius 1 is 1.14 bits per heavy atom. The van der Waals surface area contributed by atoms with Gasteiger partial charge in [-0.1, -0.05) is 12.1 Å². The molecule has 9 heteroatoms. The van der Waals surface area contributed by atoms with Gasteiger partial charge >= 0.3 is 0 Å². The molecule has 1 saturated heterocycles. The van der Waals surface area contributed by atoms with Gasteiger partial charge < -0.3 is 14.8 Å². The van der Waals surface area contributed by atoms with E-state index in [0.29, 0.717) is 36.6 Å². The Morgan fingerprint density at radius 2 is 1.86 bits per heavy atom. The molecule has 156 valence electrons. The summed E-state index contributed by atoms with van der Waals surface area (Å²) >= 11 is 3.41. The van der Waals surface area contributed by atoms with Crippen LogP contribution in [-0.4, -0.2) is 45.9 Å². The smallest absolute Gasteiger partial charge is 0.243 e. The Hall–Kier alpha value is -2.10. The van der Waals surface area contributed by atoms with Crippen LogP contribution in [0.4, 0.5) is 5.69 Å². The number of rotatable bonds is 6. The summed E-state index contributed by atoms with van der Waals surface area (Å²) < 4.78 is 38.8. The molecule has 3 rings (SSSR count). The first kappa shape index (κ1) is 21.6. The highest BCUT2D eigenvalue weighted by Crippen LogP contribution is 2.32. The minimum Gasteiger partial charge on any atom is -0.493 e. The van der Waals surface area contributed by atoms with Crippen molar-refractivity contribution >= 4 is 37.5 Å². The maximum Gasteiger partial charge on any atom is 0.243 e. The van der Waals surface area contributed by atoms with Gasteiger partial charge in [0.2, 0.25) is 15.9 Å². The molecule has 2 aromatic carbocycles. The first-order valence-electron chi connectivity index (χ1n) is 9.14. The highest BCUT2D eigenvalue weighted by molar-refractivity contribution is 9.10. The lowest BCUT2D eigenvalue weighted by Crippen LogP contribution is -2.43. The Kier molecular flexibility index (Phi) is 6.81. The molecule has 1 atom stereocenters. The maximum atomic E-state index is 13.1. The zero-order chi connectivity index (χ0) is 21.0. The number of nitrogens with zero attached hydrogens (tertiary/aromatic N) is 1. The molecule has 1 aliphatic heterocycles. The predicted molar refractivity (Wildman–Crippen MR) is 114 cm³/mol. The number of amides is 1. The number of sulfonamides is 1. The number of halogens is 1. The molecule has 1 heterocycles. The van der Waals surface area contributed by atoms with Crippen LogP contribution in [0.3, 0.4) is 0 Å². The molecule has 0 saturated carbocycles. The fraction of sp³-hybridized carbons (Fsp3) is 0.350. The van der Waals surface area contributed by atoms with Crippen LogP contribution in [0.1, 0.15) is 12.8 Å². The standard InChI is InChI=1S/C20H23BrN2O5S/c1-27-18-10-9-15(12-19(18)28-2)29(25,26)23-11-5-6-14(13-23)20(24)22-17-8-4-3-7-16(17)21/h3-4,7-10,12,14H,5-6,11,13H2,1-2H3,(H,22,24)/t14-/m0/s1. The van der Waals surface area contributed by atoms with Gasteiger partial charge in [0.1, 0.15) is 0 Å². The SMILES string of the molecule is COc1ccc(S(=O)(=O)N2CCC[C@H](C(=O)Nc3ccccc3Br)C2)cc1OC. The first-order valence-corrected chi connectivity index (χ1v) is 11.4. The number of carbonyl (C=O) groups excluding carboxylic acids is 1. The molecule has 0 unspecified atom stereocenters. The van der Waals surface area contributed by atoms with Crippen molar-refractivity contribution in [2.75, 3.05) is 32.6 Å². The largest absolute Gasteiger partial charge is 0.493 e. The monoisotopic (exact) mass is 482 g/mol. The van der Waals surface area contributed by atoms with Gasteiger partial charge in [-0.3, -0.25) is 4.79 Å². The predicted octanol–water partition coefficient (Wildman–Crippen LogP) is 3.51. The summed E-state index contributed by atoms with van der Waals surface area (Å²) in [7, 11) is -0.812. The third-order valence-corrected chi connectivity index (χ3v) is 7.43. The van der Waals surface area contributed by atoms with Crippen LogP contribution >= 0.6 is 15.9 Å². The van der Waals surface area contributed by atoms with Crippen LogP contribution in [0.15, 0.2) is 51.8 Å². The van der Waals surface area contributed by atoms with Crippen LogP contribution in [-0.2, 0) is 14.8 Å². The Morgan fingerprint density at radius 3 is 2.55 bits per heavy atom. The van der Waals surface area contributed by atoms with Crippen LogP contribution in [0.25, 0.3) is 0 Å². The quantitative estimate of drug-likeness (QED) is 0.680. The fourth-order valence-electron chi connectivity index (χ4n) is 3.30. The van der Waals surface area contributed by atoms with Crippen molar-refractivity contribution in [2.45, 2.75) is 17.7 Å². The maximum absolute atomic E-state index is 13.1. The van der Waals surface area contributed by atoms with E-state index in [9.17, 15) is 13.2 Å². The Balaban J connectivity index is 1.77. The fourth-order valence-corrected chi connectivity index (χ4v) is 5.22. The zero-order valence-corrected chi connectivity index (χ0v) is 18.6. The van der Waals surface area contributed by atoms with Gasteiger partial charge in [-0.05, 0) is 53.0 Å². The van der Waals surface area contributed by atoms with Crippen LogP contribution < -0.4 is 14.8 Å². The Labute approximate surface area is 179 Å². The van der Waals surface area contributed by atoms with Gasteiger partial charge in [0.05, 0.1) is 30.7 Å². The summed E-state index contributed by atoms with van der Waals surface area (Å²) in [6.07, 6.45) is 1.24. The number of hydrogen-bond acceptors (Lipinski definition) is 5. The van der Waals surface area contributed by atoms with E-state index in [1.807, 2.05) is 18.2 Å². The molecule has 0 aromatic heterocycles. The van der Waals surface area contributed by atoms with Crippen molar-refractivity contribution in [1.29, 1.82) is 0 Å². The molecule has 7 nitrogen and oxygen atoms in total. The highest BCUT2D eigenvalue weighted by Gasteiger charge is 2.34. The number of hydrogen-bond donors (Lipinski definition) is 1. The summed E-state index contributed by atoms with van der Waals surface area (Å²) in [5.74, 6) is 0.180. The van der Waals surface area contributed by atoms with Gasteiger partial charge in [0, 0.05) is 23.6 Å². The van der Waals surface area contributed by atoms with E-state index in [1.165, 1.54) is 30.7 Å². The molecule has 1 amide bonds. The minimum absolute atomic E-state index is 0.113. The average molecular weight is 483 g/mol. The van der Waals surface area contributed by atoms with E-state index >= 15 is 0 Å². The summed E-state index contributed by atoms with van der Waals surface area (Å²) in [5.41, 5.74) is 0.664. The molecular weight excluding hydrogens is 460 g/mol. The van der Waals surface area contributed by atoms with Crippen molar-refractivity contribution in [3.8, 4) is 11.5 Å². The number of piperidine rings is 1. The van der Waals surface area contributed by atoms with E-state index < -0.39 is 15.9 Å². The van der Waals surface area contributed by atoms with Crippen LogP contribution in [0, 0.1) is 5.92 Å². The van der Waals surface area contributed by atoms with Crippen molar-refractivity contribution in [1.82, 2.24) is 4.31 Å². The van der Waals surface area contributed by atoms with E-state index in [-0.39, 0.29) is 17.3 Å². The lowest BCUT2D eigenvalue weighted by molar-refractivity contribution is -0.120. The van der Waals surface area contributed by atoms with Gasteiger partial charge in [-0.15, -0.1) is 0 Å². The summed E-state index contributed by atoms with van der Waals surface area (Å²) in [6.45, 7) is 0.502. The normalized spacial score (nSPS) is 17.6. The third kappa shape index (κ3) is 4.73. The molecule has 29 heavy (non-hydrogen) atoms. The first-order chi connectivity index (χ1) is 13.9. The lowest BCUT2D eigenvalue weighted by Gasteiger charge is -2.31. The molecule has 0 radical (unpaired) electrons. The molecular formula is C20H23BrN2O5S. The van der Waals surface area contributed by atoms with Gasteiger partial charge in [0.15, 0.2) is 11.5 Å². The summed E-state index contributed by atoms with van der Waals surface area (Å²) in [5, 5.41) is 2.88. The zero-order valence-electron chi connectivity index (χ0n) is 16.2. The van der Waals surface area contributed by atoms with E-state index in [4.69, 9.17) is 9.47 Å². The van der Waals surface area contributed by atoms with Gasteiger partial charge in [-0.25, -0.2) is 8.42 Å². The number of nitrogens with one attached hydrogen (secondary N) is 1. The van der Waals surface area contributed by atoms with Gasteiger partial charge in [0.25, 0.3) is 0 Å². The van der Waals surface area contributed by atoms with Gasteiger partial charge in [-0.2, -0.15) is 4.31 Å². The summed E-state index contributed by atoms with van der Waals surface area (Å²) in [6, 6.07) is 11.8. The topological polar surface area (TPSA) is 84.9 Å². The van der Waals surface area contributed by atoms with Crippen molar-refractivity contribution in [3.05, 3.63) is 46.9 Å². The lowest BCUT2D eigenvalue weighted by atomic mass is 9.99. The second kappa shape index (κ2) is 9.15. The molecule has 1 N–H and O–H groups in total. The molecule has 0 bridgehead atoms. The molecule has 2 aromatic rings. The average Bonchev–Trinajstić information content (AvgIpc) is 2.74. The van der Waals surface area contributed by atoms with Crippen molar-refractivity contribution in [2.24, 2.45) is 5.92 Å². The highest BCUT2D eigenvalue weighted by atomic mass is 79.9. The number of para-hydroxylation sites is 1. The summed E-state index contributed by atoms with van der Waals surface area (Å²) in [4.78, 5) is 12.8. The number of carbonyl (C=O) groups is 1. The van der Waals surface area contributed by atoms with Crippen LogP contribution in [0.2, 0.25) is 0 Å². The third-order valence-electron chi connectivity index (χ3n) is 4.88. The van der Waals surface area contributed by atoms with Crippen molar-refractivity contribution < 1.29 is 22.7 Å². The van der Waals surface area contributed by atoms with E-state index in [2.05, 4.69) is 21.2 Å². The minimum atomic E-state index is -3.76. The number of methoxy groups -OCH3 is 2. The number of ether oxygens (including phenoxy) is 2. The molecule has 0 aliphatic carbocycles. The van der Waals surface area contributed by atoms with Crippen molar-refractivity contribution in [3.63, 3.8) is 0 Å². The second-order valence-electron chi connectivity index (χ2n) is 6.69. The number of anilines is 1. The van der Waals surface area contributed by atoms with E-state index in [1.54, 1.807) is 12.1 Å².